The molecule has 1 aliphatic rings. The second-order valence-corrected chi connectivity index (χ2v) is 7.38. The monoisotopic (exact) mass is 349 g/mol. The Morgan fingerprint density at radius 3 is 2.62 bits per heavy atom. The van der Waals surface area contributed by atoms with Crippen LogP contribution in [-0.4, -0.2) is 38.8 Å². The van der Waals surface area contributed by atoms with Crippen LogP contribution in [0.25, 0.3) is 0 Å². The maximum Gasteiger partial charge on any atom is 0.326 e. The molecule has 6 heteroatoms. The van der Waals surface area contributed by atoms with E-state index in [0.29, 0.717) is 18.7 Å². The van der Waals surface area contributed by atoms with Gasteiger partial charge in [0.05, 0.1) is 0 Å². The third-order valence-corrected chi connectivity index (χ3v) is 5.41. The summed E-state index contributed by atoms with van der Waals surface area (Å²) in [5.74, 6) is -1.21. The summed E-state index contributed by atoms with van der Waals surface area (Å²) in [7, 11) is 0. The van der Waals surface area contributed by atoms with Gasteiger partial charge in [0.25, 0.3) is 0 Å². The molecule has 1 heterocycles. The van der Waals surface area contributed by atoms with Crippen LogP contribution in [0.5, 0.6) is 0 Å². The van der Waals surface area contributed by atoms with Crippen LogP contribution in [0.1, 0.15) is 37.5 Å². The molecule has 1 aromatic rings. The Bertz CT molecular complexity index is 658. The van der Waals surface area contributed by atoms with Crippen LogP contribution in [-0.2, 0) is 33.8 Å². The van der Waals surface area contributed by atoms with E-state index < -0.39 is 17.9 Å². The Hall–Kier alpha value is -1.82. The van der Waals surface area contributed by atoms with Gasteiger partial charge in [0, 0.05) is 31.6 Å². The summed E-state index contributed by atoms with van der Waals surface area (Å²) in [5, 5.41) is 9.49. The standard InChI is InChI=1S/C18H23NO4S/c1-4-13-5-6-14-8-16(18(22)23)19(9-15(14)7-13)17(21)11(2)10-24-12(3)20/h5-7,11,16H,4,8-10H2,1-3H3,(H,22,23). The van der Waals surface area contributed by atoms with Crippen molar-refractivity contribution in [2.75, 3.05) is 5.75 Å². The minimum Gasteiger partial charge on any atom is -0.480 e. The fraction of sp³-hybridized carbons (Fsp3) is 0.500. The summed E-state index contributed by atoms with van der Waals surface area (Å²) in [6.07, 6.45) is 1.22. The number of amides is 1. The first-order valence-electron chi connectivity index (χ1n) is 8.10. The fourth-order valence-electron chi connectivity index (χ4n) is 2.91. The van der Waals surface area contributed by atoms with Gasteiger partial charge in [-0.3, -0.25) is 9.59 Å². The number of carbonyl (C=O) groups is 3. The smallest absolute Gasteiger partial charge is 0.326 e. The van der Waals surface area contributed by atoms with Crippen molar-refractivity contribution in [1.82, 2.24) is 4.90 Å². The topological polar surface area (TPSA) is 74.7 Å². The maximum atomic E-state index is 12.7. The number of hydrogen-bond donors (Lipinski definition) is 1. The van der Waals surface area contributed by atoms with Gasteiger partial charge in [-0.1, -0.05) is 43.8 Å². The summed E-state index contributed by atoms with van der Waals surface area (Å²) in [6.45, 7) is 5.59. The molecular weight excluding hydrogens is 326 g/mol. The fourth-order valence-corrected chi connectivity index (χ4v) is 3.53. The number of thioether (sulfide) groups is 1. The number of rotatable bonds is 5. The molecular formula is C18H23NO4S. The Labute approximate surface area is 146 Å². The normalized spacial score (nSPS) is 18.0. The van der Waals surface area contributed by atoms with Crippen molar-refractivity contribution in [2.24, 2.45) is 5.92 Å². The highest BCUT2D eigenvalue weighted by Crippen LogP contribution is 2.27. The first-order chi connectivity index (χ1) is 11.3. The summed E-state index contributed by atoms with van der Waals surface area (Å²) < 4.78 is 0. The van der Waals surface area contributed by atoms with Crippen LogP contribution < -0.4 is 0 Å². The summed E-state index contributed by atoms with van der Waals surface area (Å²) in [5.41, 5.74) is 3.19. The summed E-state index contributed by atoms with van der Waals surface area (Å²) >= 11 is 1.10. The lowest BCUT2D eigenvalue weighted by molar-refractivity contribution is -0.152. The number of carboxylic acids is 1. The van der Waals surface area contributed by atoms with Crippen LogP contribution in [0, 0.1) is 5.92 Å². The van der Waals surface area contributed by atoms with E-state index in [4.69, 9.17) is 0 Å². The third kappa shape index (κ3) is 4.17. The zero-order chi connectivity index (χ0) is 17.9. The molecule has 0 spiro atoms. The minimum absolute atomic E-state index is 0.0407. The number of hydrogen-bond acceptors (Lipinski definition) is 4. The molecule has 0 aliphatic carbocycles. The summed E-state index contributed by atoms with van der Waals surface area (Å²) in [4.78, 5) is 36.9. The Kier molecular flexibility index (Phi) is 6.04. The quantitative estimate of drug-likeness (QED) is 0.884. The van der Waals surface area contributed by atoms with E-state index >= 15 is 0 Å². The third-order valence-electron chi connectivity index (χ3n) is 4.34. The van der Waals surface area contributed by atoms with E-state index in [1.165, 1.54) is 17.4 Å². The molecule has 0 radical (unpaired) electrons. The van der Waals surface area contributed by atoms with Crippen LogP contribution in [0.15, 0.2) is 18.2 Å². The molecule has 1 amide bonds. The molecule has 0 saturated carbocycles. The van der Waals surface area contributed by atoms with E-state index in [-0.39, 0.29) is 11.0 Å². The van der Waals surface area contributed by atoms with Gasteiger partial charge in [-0.25, -0.2) is 4.79 Å². The van der Waals surface area contributed by atoms with Crippen molar-refractivity contribution < 1.29 is 19.5 Å². The van der Waals surface area contributed by atoms with Crippen molar-refractivity contribution in [1.29, 1.82) is 0 Å². The van der Waals surface area contributed by atoms with Crippen LogP contribution in [0.4, 0.5) is 0 Å². The number of carboxylic acid groups (broad SMARTS) is 1. The lowest BCUT2D eigenvalue weighted by atomic mass is 9.91. The van der Waals surface area contributed by atoms with Crippen molar-refractivity contribution in [3.63, 3.8) is 0 Å². The molecule has 130 valence electrons. The average molecular weight is 349 g/mol. The number of aryl methyl sites for hydroxylation is 1. The molecule has 0 saturated heterocycles. The number of aliphatic carboxylic acids is 1. The predicted octanol–water partition coefficient (Wildman–Crippen LogP) is 2.50. The largest absolute Gasteiger partial charge is 0.480 e. The molecule has 24 heavy (non-hydrogen) atoms. The van der Waals surface area contributed by atoms with Crippen LogP contribution in [0.3, 0.4) is 0 Å². The maximum absolute atomic E-state index is 12.7. The molecule has 0 aromatic heterocycles. The highest BCUT2D eigenvalue weighted by molar-refractivity contribution is 8.13. The van der Waals surface area contributed by atoms with Gasteiger partial charge in [-0.2, -0.15) is 0 Å². The molecule has 2 unspecified atom stereocenters. The molecule has 1 aromatic carbocycles. The average Bonchev–Trinajstić information content (AvgIpc) is 2.56. The SMILES string of the molecule is CCc1ccc2c(c1)CN(C(=O)C(C)CSC(C)=O)C(C(=O)O)C2. The van der Waals surface area contributed by atoms with E-state index in [1.807, 2.05) is 12.1 Å². The first-order valence-corrected chi connectivity index (χ1v) is 9.09. The molecule has 2 atom stereocenters. The number of nitrogens with zero attached hydrogens (tertiary/aromatic N) is 1. The molecule has 2 rings (SSSR count). The van der Waals surface area contributed by atoms with Gasteiger partial charge in [0.15, 0.2) is 5.12 Å². The van der Waals surface area contributed by atoms with Crippen molar-refractivity contribution >= 4 is 28.8 Å². The predicted molar refractivity (Wildman–Crippen MR) is 93.8 cm³/mol. The van der Waals surface area contributed by atoms with Crippen LogP contribution >= 0.6 is 11.8 Å². The minimum atomic E-state index is -0.986. The highest BCUT2D eigenvalue weighted by Gasteiger charge is 2.36. The Morgan fingerprint density at radius 2 is 2.04 bits per heavy atom. The lowest BCUT2D eigenvalue weighted by Gasteiger charge is -2.36. The van der Waals surface area contributed by atoms with Gasteiger partial charge in [0.2, 0.25) is 5.91 Å². The number of carbonyl (C=O) groups excluding carboxylic acids is 2. The lowest BCUT2D eigenvalue weighted by Crippen LogP contribution is -2.50. The zero-order valence-electron chi connectivity index (χ0n) is 14.2. The highest BCUT2D eigenvalue weighted by atomic mass is 32.2. The number of benzene rings is 1. The second kappa shape index (κ2) is 7.83. The van der Waals surface area contributed by atoms with Crippen molar-refractivity contribution in [2.45, 2.75) is 46.2 Å². The van der Waals surface area contributed by atoms with E-state index in [2.05, 4.69) is 13.0 Å². The number of fused-ring (bicyclic) bond motifs is 1. The van der Waals surface area contributed by atoms with E-state index in [9.17, 15) is 19.5 Å². The second-order valence-electron chi connectivity index (χ2n) is 6.18. The van der Waals surface area contributed by atoms with Gasteiger partial charge >= 0.3 is 5.97 Å². The van der Waals surface area contributed by atoms with Gasteiger partial charge < -0.3 is 10.0 Å². The van der Waals surface area contributed by atoms with Crippen molar-refractivity contribution in [3.8, 4) is 0 Å². The van der Waals surface area contributed by atoms with Gasteiger partial charge in [-0.15, -0.1) is 0 Å². The molecule has 1 aliphatic heterocycles. The Morgan fingerprint density at radius 1 is 1.33 bits per heavy atom. The van der Waals surface area contributed by atoms with Gasteiger partial charge in [0.1, 0.15) is 6.04 Å². The Balaban J connectivity index is 2.24. The van der Waals surface area contributed by atoms with Crippen LogP contribution in [0.2, 0.25) is 0 Å². The molecule has 5 nitrogen and oxygen atoms in total. The van der Waals surface area contributed by atoms with Crippen molar-refractivity contribution in [3.05, 3.63) is 34.9 Å². The molecule has 0 fully saturated rings. The summed E-state index contributed by atoms with van der Waals surface area (Å²) in [6, 6.07) is 5.20. The van der Waals surface area contributed by atoms with E-state index in [1.54, 1.807) is 6.92 Å². The zero-order valence-corrected chi connectivity index (χ0v) is 15.1. The first kappa shape index (κ1) is 18.5. The molecule has 0 bridgehead atoms. The van der Waals surface area contributed by atoms with E-state index in [0.717, 1.165) is 29.3 Å². The molecule has 1 N–H and O–H groups in total. The van der Waals surface area contributed by atoms with Gasteiger partial charge in [-0.05, 0) is 23.1 Å².